The molecule has 3 aromatic rings. The Labute approximate surface area is 145 Å². The third-order valence-corrected chi connectivity index (χ3v) is 4.07. The zero-order valence-corrected chi connectivity index (χ0v) is 14.3. The van der Waals surface area contributed by atoms with E-state index in [1.165, 1.54) is 0 Å². The predicted octanol–water partition coefficient (Wildman–Crippen LogP) is 2.74. The highest BCUT2D eigenvalue weighted by molar-refractivity contribution is 9.10. The molecule has 0 bridgehead atoms. The normalized spacial score (nSPS) is 10.6. The number of rotatable bonds is 3. The summed E-state index contributed by atoms with van der Waals surface area (Å²) in [6.07, 6.45) is 0. The van der Waals surface area contributed by atoms with E-state index in [9.17, 15) is 9.59 Å². The SMILES string of the molecule is COc1ccc(C(=O)Nn2c(N)cc3cc(Br)ccc3c2=O)cc1. The lowest BCUT2D eigenvalue weighted by molar-refractivity contribution is 0.101. The third kappa shape index (κ3) is 2.98. The van der Waals surface area contributed by atoms with E-state index in [1.54, 1.807) is 55.6 Å². The summed E-state index contributed by atoms with van der Waals surface area (Å²) in [4.78, 5) is 24.9. The summed E-state index contributed by atoms with van der Waals surface area (Å²) in [6, 6.07) is 13.4. The highest BCUT2D eigenvalue weighted by Gasteiger charge is 2.12. The van der Waals surface area contributed by atoms with E-state index in [1.807, 2.05) is 0 Å². The number of nitrogens with zero attached hydrogens (tertiary/aromatic N) is 1. The van der Waals surface area contributed by atoms with Gasteiger partial charge >= 0.3 is 0 Å². The summed E-state index contributed by atoms with van der Waals surface area (Å²) >= 11 is 3.35. The van der Waals surface area contributed by atoms with Gasteiger partial charge < -0.3 is 10.5 Å². The minimum Gasteiger partial charge on any atom is -0.497 e. The molecule has 0 atom stereocenters. The van der Waals surface area contributed by atoms with Crippen LogP contribution >= 0.6 is 15.9 Å². The molecule has 0 saturated carbocycles. The number of hydrogen-bond acceptors (Lipinski definition) is 4. The van der Waals surface area contributed by atoms with Gasteiger partial charge in [0.25, 0.3) is 11.5 Å². The first-order chi connectivity index (χ1) is 11.5. The number of anilines is 1. The highest BCUT2D eigenvalue weighted by Crippen LogP contribution is 2.19. The van der Waals surface area contributed by atoms with Gasteiger partial charge in [-0.3, -0.25) is 15.0 Å². The Morgan fingerprint density at radius 2 is 1.88 bits per heavy atom. The number of nitrogens with two attached hydrogens (primary N) is 1. The maximum Gasteiger partial charge on any atom is 0.278 e. The van der Waals surface area contributed by atoms with Crippen LogP contribution in [0.2, 0.25) is 0 Å². The zero-order chi connectivity index (χ0) is 17.3. The molecule has 1 aromatic heterocycles. The second-order valence-corrected chi connectivity index (χ2v) is 6.03. The number of methoxy groups -OCH3 is 1. The Morgan fingerprint density at radius 1 is 1.17 bits per heavy atom. The molecule has 0 aliphatic carbocycles. The van der Waals surface area contributed by atoms with Gasteiger partial charge in [0.2, 0.25) is 0 Å². The molecular weight excluding hydrogens is 374 g/mol. The topological polar surface area (TPSA) is 86.3 Å². The van der Waals surface area contributed by atoms with Gasteiger partial charge in [0.1, 0.15) is 11.6 Å². The largest absolute Gasteiger partial charge is 0.497 e. The molecule has 6 nitrogen and oxygen atoms in total. The first kappa shape index (κ1) is 16.1. The molecule has 122 valence electrons. The average Bonchev–Trinajstić information content (AvgIpc) is 2.58. The second-order valence-electron chi connectivity index (χ2n) is 5.11. The van der Waals surface area contributed by atoms with Crippen LogP contribution in [0.4, 0.5) is 5.82 Å². The number of aromatic nitrogens is 1. The number of hydrogen-bond donors (Lipinski definition) is 2. The molecule has 1 heterocycles. The molecule has 0 radical (unpaired) electrons. The number of fused-ring (bicyclic) bond motifs is 1. The molecule has 3 rings (SSSR count). The van der Waals surface area contributed by atoms with Gasteiger partial charge in [-0.25, -0.2) is 4.68 Å². The van der Waals surface area contributed by atoms with Gasteiger partial charge in [0, 0.05) is 15.4 Å². The fourth-order valence-corrected chi connectivity index (χ4v) is 2.71. The summed E-state index contributed by atoms with van der Waals surface area (Å²) in [5.74, 6) is 0.342. The second kappa shape index (κ2) is 6.37. The van der Waals surface area contributed by atoms with Crippen LogP contribution in [-0.2, 0) is 0 Å². The Kier molecular flexibility index (Phi) is 4.26. The predicted molar refractivity (Wildman–Crippen MR) is 97.0 cm³/mol. The van der Waals surface area contributed by atoms with Crippen molar-refractivity contribution < 1.29 is 9.53 Å². The number of ether oxygens (including phenoxy) is 1. The number of benzene rings is 2. The van der Waals surface area contributed by atoms with E-state index in [0.717, 1.165) is 9.15 Å². The van der Waals surface area contributed by atoms with E-state index in [4.69, 9.17) is 10.5 Å². The molecular formula is C17H14BrN3O3. The van der Waals surface area contributed by atoms with Gasteiger partial charge in [-0.1, -0.05) is 15.9 Å². The van der Waals surface area contributed by atoms with Crippen LogP contribution in [-0.4, -0.2) is 17.7 Å². The monoisotopic (exact) mass is 387 g/mol. The Bertz CT molecular complexity index is 981. The van der Waals surface area contributed by atoms with E-state index in [2.05, 4.69) is 21.4 Å². The molecule has 0 aliphatic heterocycles. The van der Waals surface area contributed by atoms with E-state index in [-0.39, 0.29) is 11.4 Å². The van der Waals surface area contributed by atoms with E-state index >= 15 is 0 Å². The Hall–Kier alpha value is -2.80. The van der Waals surface area contributed by atoms with Crippen LogP contribution < -0.4 is 21.5 Å². The van der Waals surface area contributed by atoms with Crippen LogP contribution in [0.15, 0.2) is 57.8 Å². The lowest BCUT2D eigenvalue weighted by atomic mass is 10.2. The van der Waals surface area contributed by atoms with Crippen molar-refractivity contribution >= 4 is 38.4 Å². The number of nitrogen functional groups attached to an aromatic ring is 1. The fourth-order valence-electron chi connectivity index (χ4n) is 2.33. The number of nitrogens with one attached hydrogen (secondary N) is 1. The standard InChI is InChI=1S/C17H14BrN3O3/c1-24-13-5-2-10(3-6-13)16(22)20-21-15(19)9-11-8-12(18)4-7-14(11)17(21)23/h2-9H,19H2,1H3,(H,20,22). The van der Waals surface area contributed by atoms with Crippen molar-refractivity contribution in [2.24, 2.45) is 0 Å². The molecule has 0 spiro atoms. The summed E-state index contributed by atoms with van der Waals surface area (Å²) in [6.45, 7) is 0. The van der Waals surface area contributed by atoms with Crippen LogP contribution in [0.25, 0.3) is 10.8 Å². The van der Waals surface area contributed by atoms with Crippen molar-refractivity contribution in [3.05, 3.63) is 68.9 Å². The third-order valence-electron chi connectivity index (χ3n) is 3.57. The molecule has 7 heteroatoms. The highest BCUT2D eigenvalue weighted by atomic mass is 79.9. The summed E-state index contributed by atoms with van der Waals surface area (Å²) in [5.41, 5.74) is 8.45. The maximum atomic E-state index is 12.6. The van der Waals surface area contributed by atoms with Crippen LogP contribution in [0.5, 0.6) is 5.75 Å². The molecule has 0 saturated heterocycles. The summed E-state index contributed by atoms with van der Waals surface area (Å²) in [7, 11) is 1.54. The van der Waals surface area contributed by atoms with Crippen molar-refractivity contribution in [1.82, 2.24) is 4.68 Å². The van der Waals surface area contributed by atoms with E-state index < -0.39 is 5.91 Å². The maximum absolute atomic E-state index is 12.6. The van der Waals surface area contributed by atoms with Gasteiger partial charge in [-0.05, 0) is 53.9 Å². The molecule has 0 fully saturated rings. The minimum atomic E-state index is -0.442. The smallest absolute Gasteiger partial charge is 0.278 e. The van der Waals surface area contributed by atoms with Crippen molar-refractivity contribution in [3.63, 3.8) is 0 Å². The van der Waals surface area contributed by atoms with Gasteiger partial charge in [-0.15, -0.1) is 0 Å². The first-order valence-corrected chi connectivity index (χ1v) is 7.85. The Balaban J connectivity index is 1.98. The molecule has 2 aromatic carbocycles. The van der Waals surface area contributed by atoms with Crippen molar-refractivity contribution in [1.29, 1.82) is 0 Å². The van der Waals surface area contributed by atoms with Gasteiger partial charge in [0.05, 0.1) is 7.11 Å². The number of amides is 1. The van der Waals surface area contributed by atoms with Crippen LogP contribution in [0.1, 0.15) is 10.4 Å². The number of carbonyl (C=O) groups excluding carboxylic acids is 1. The summed E-state index contributed by atoms with van der Waals surface area (Å²) < 4.78 is 6.94. The summed E-state index contributed by atoms with van der Waals surface area (Å²) in [5, 5.41) is 1.16. The zero-order valence-electron chi connectivity index (χ0n) is 12.7. The molecule has 0 aliphatic rings. The quantitative estimate of drug-likeness (QED) is 0.723. The number of pyridine rings is 1. The van der Waals surface area contributed by atoms with Crippen LogP contribution in [0.3, 0.4) is 0 Å². The average molecular weight is 388 g/mol. The minimum absolute atomic E-state index is 0.146. The molecule has 0 unspecified atom stereocenters. The van der Waals surface area contributed by atoms with E-state index in [0.29, 0.717) is 22.1 Å². The van der Waals surface area contributed by atoms with Crippen molar-refractivity contribution in [2.45, 2.75) is 0 Å². The number of halogens is 1. The van der Waals surface area contributed by atoms with Crippen molar-refractivity contribution in [2.75, 3.05) is 18.3 Å². The fraction of sp³-hybridized carbons (Fsp3) is 0.0588. The lowest BCUT2D eigenvalue weighted by Crippen LogP contribution is -2.34. The number of carbonyl (C=O) groups is 1. The van der Waals surface area contributed by atoms with Gasteiger partial charge in [0.15, 0.2) is 0 Å². The molecule has 24 heavy (non-hydrogen) atoms. The molecule has 1 amide bonds. The lowest BCUT2D eigenvalue weighted by Gasteiger charge is -2.13. The van der Waals surface area contributed by atoms with Crippen LogP contribution in [0, 0.1) is 0 Å². The van der Waals surface area contributed by atoms with Gasteiger partial charge in [-0.2, -0.15) is 0 Å². The first-order valence-electron chi connectivity index (χ1n) is 7.06. The van der Waals surface area contributed by atoms with Crippen molar-refractivity contribution in [3.8, 4) is 5.75 Å². The Morgan fingerprint density at radius 3 is 2.54 bits per heavy atom. The molecule has 3 N–H and O–H groups in total.